The van der Waals surface area contributed by atoms with Crippen LogP contribution in [-0.2, 0) is 16.6 Å². The first-order valence-corrected chi connectivity index (χ1v) is 8.92. The molecule has 2 aromatic heterocycles. The highest BCUT2D eigenvalue weighted by Gasteiger charge is 2.24. The summed E-state index contributed by atoms with van der Waals surface area (Å²) in [5.74, 6) is -0.528. The molecule has 0 radical (unpaired) electrons. The minimum absolute atomic E-state index is 0.166. The van der Waals surface area contributed by atoms with Crippen molar-refractivity contribution in [2.75, 3.05) is 7.05 Å². The smallest absolute Gasteiger partial charge is 0.274 e. The average molecular weight is 361 g/mol. The summed E-state index contributed by atoms with van der Waals surface area (Å²) < 4.78 is 41.6. The van der Waals surface area contributed by atoms with Crippen LogP contribution in [0, 0.1) is 11.0 Å². The van der Waals surface area contributed by atoms with Gasteiger partial charge in [0.25, 0.3) is 10.0 Å². The molecule has 0 aliphatic carbocycles. The van der Waals surface area contributed by atoms with Crippen LogP contribution in [0.2, 0.25) is 0 Å². The Morgan fingerprint density at radius 2 is 2.00 bits per heavy atom. The summed E-state index contributed by atoms with van der Waals surface area (Å²) in [7, 11) is -2.32. The van der Waals surface area contributed by atoms with Crippen molar-refractivity contribution in [1.82, 2.24) is 9.29 Å². The molecule has 8 heteroatoms. The van der Waals surface area contributed by atoms with Gasteiger partial charge in [-0.15, -0.1) is 0 Å². The van der Waals surface area contributed by atoms with Crippen molar-refractivity contribution < 1.29 is 17.5 Å². The lowest BCUT2D eigenvalue weighted by atomic mass is 10.1. The number of nitrogens with one attached hydrogen (secondary N) is 1. The third kappa shape index (κ3) is 3.26. The lowest BCUT2D eigenvalue weighted by Crippen LogP contribution is -2.27. The minimum atomic E-state index is -4.05. The number of hydrogen-bond acceptors (Lipinski definition) is 4. The van der Waals surface area contributed by atoms with E-state index in [2.05, 4.69) is 5.32 Å². The fraction of sp³-hybridized carbons (Fsp3) is 0.118. The van der Waals surface area contributed by atoms with Gasteiger partial charge >= 0.3 is 0 Å². The quantitative estimate of drug-likeness (QED) is 0.556. The molecule has 1 N–H and O–H groups in total. The van der Waals surface area contributed by atoms with Crippen LogP contribution < -0.4 is 10.0 Å². The zero-order chi connectivity index (χ0) is 18.0. The maximum absolute atomic E-state index is 14.2. The molecule has 3 rings (SSSR count). The summed E-state index contributed by atoms with van der Waals surface area (Å²) in [4.78, 5) is -0.172. The van der Waals surface area contributed by atoms with Crippen LogP contribution in [-0.4, -0.2) is 19.4 Å². The van der Waals surface area contributed by atoms with Crippen molar-refractivity contribution in [3.05, 3.63) is 77.6 Å². The van der Waals surface area contributed by atoms with Crippen LogP contribution in [0.15, 0.2) is 66.0 Å². The topological polar surface area (TPSA) is 78.0 Å². The molecule has 2 heterocycles. The average Bonchev–Trinajstić information content (AvgIpc) is 3.00. The molecule has 6 nitrogen and oxygen atoms in total. The number of nitrogens with zero attached hydrogens (tertiary/aromatic N) is 2. The number of benzene rings is 1. The van der Waals surface area contributed by atoms with Crippen molar-refractivity contribution in [3.63, 3.8) is 0 Å². The highest BCUT2D eigenvalue weighted by Crippen LogP contribution is 2.28. The Labute approximate surface area is 144 Å². The maximum atomic E-state index is 14.2. The molecule has 0 saturated heterocycles. The third-order valence-electron chi connectivity index (χ3n) is 3.68. The Bertz CT molecular complexity index is 1020. The monoisotopic (exact) mass is 361 g/mol. The molecule has 0 atom stereocenters. The van der Waals surface area contributed by atoms with Crippen LogP contribution in [0.5, 0.6) is 0 Å². The van der Waals surface area contributed by atoms with Gasteiger partial charge in [0.15, 0.2) is 11.1 Å². The number of hydrogen-bond donors (Lipinski definition) is 1. The van der Waals surface area contributed by atoms with Crippen molar-refractivity contribution >= 4 is 10.0 Å². The zero-order valence-corrected chi connectivity index (χ0v) is 14.2. The fourth-order valence-corrected chi connectivity index (χ4v) is 3.96. The zero-order valence-electron chi connectivity index (χ0n) is 13.4. The van der Waals surface area contributed by atoms with E-state index in [1.165, 1.54) is 42.7 Å². The second-order valence-electron chi connectivity index (χ2n) is 5.44. The van der Waals surface area contributed by atoms with E-state index in [4.69, 9.17) is 0 Å². The van der Waals surface area contributed by atoms with Gasteiger partial charge in [0.2, 0.25) is 6.20 Å². The first-order chi connectivity index (χ1) is 11.9. The van der Waals surface area contributed by atoms with Crippen LogP contribution >= 0.6 is 0 Å². The molecule has 1 aromatic carbocycles. The van der Waals surface area contributed by atoms with Crippen LogP contribution in [0.3, 0.4) is 0 Å². The maximum Gasteiger partial charge on any atom is 0.274 e. The highest BCUT2D eigenvalue weighted by molar-refractivity contribution is 7.90. The van der Waals surface area contributed by atoms with E-state index in [9.17, 15) is 18.0 Å². The number of rotatable bonds is 5. The van der Waals surface area contributed by atoms with Crippen molar-refractivity contribution in [2.24, 2.45) is 0 Å². The molecule has 0 saturated carbocycles. The van der Waals surface area contributed by atoms with Crippen molar-refractivity contribution in [3.8, 4) is 11.3 Å². The van der Waals surface area contributed by atoms with Gasteiger partial charge in [-0.25, -0.2) is 16.8 Å². The van der Waals surface area contributed by atoms with Gasteiger partial charge in [-0.3, -0.25) is 0 Å². The second kappa shape index (κ2) is 6.66. The van der Waals surface area contributed by atoms with Gasteiger partial charge in [-0.2, -0.15) is 4.73 Å². The van der Waals surface area contributed by atoms with E-state index < -0.39 is 15.8 Å². The molecule has 0 aliphatic rings. The van der Waals surface area contributed by atoms with E-state index >= 15 is 0 Å². The summed E-state index contributed by atoms with van der Waals surface area (Å²) in [6.45, 7) is 0.417. The molecular formula is C17H16FN3O3S. The molecule has 0 aliphatic heterocycles. The van der Waals surface area contributed by atoms with Crippen LogP contribution in [0.1, 0.15) is 5.56 Å². The van der Waals surface area contributed by atoms with E-state index in [0.717, 1.165) is 10.2 Å². The first kappa shape index (κ1) is 17.1. The predicted octanol–water partition coefficient (Wildman–Crippen LogP) is 1.88. The van der Waals surface area contributed by atoms with Gasteiger partial charge in [0, 0.05) is 24.4 Å². The van der Waals surface area contributed by atoms with Crippen molar-refractivity contribution in [2.45, 2.75) is 11.4 Å². The Hall–Kier alpha value is -2.71. The Balaban J connectivity index is 2.23. The number of pyridine rings is 1. The van der Waals surface area contributed by atoms with Gasteiger partial charge in [-0.05, 0) is 36.9 Å². The minimum Gasteiger partial charge on any atom is -0.619 e. The van der Waals surface area contributed by atoms with E-state index in [0.29, 0.717) is 16.8 Å². The molecule has 0 fully saturated rings. The second-order valence-corrected chi connectivity index (χ2v) is 7.26. The Morgan fingerprint density at radius 1 is 1.24 bits per heavy atom. The van der Waals surface area contributed by atoms with Crippen molar-refractivity contribution in [1.29, 1.82) is 0 Å². The SMILES string of the molecule is CNCc1cc(-c2ccccc2F)n(S(=O)(=O)c2ccc[n+]([O-])c2)c1. The summed E-state index contributed by atoms with van der Waals surface area (Å²) >= 11 is 0. The molecule has 3 aromatic rings. The first-order valence-electron chi connectivity index (χ1n) is 7.48. The molecule has 25 heavy (non-hydrogen) atoms. The van der Waals surface area contributed by atoms with E-state index in [-0.39, 0.29) is 16.2 Å². The molecular weight excluding hydrogens is 345 g/mol. The molecule has 0 spiro atoms. The lowest BCUT2D eigenvalue weighted by molar-refractivity contribution is -0.607. The summed E-state index contributed by atoms with van der Waals surface area (Å²) in [6, 6.07) is 10.2. The molecule has 0 bridgehead atoms. The number of aromatic nitrogens is 2. The standard InChI is InChI=1S/C17H16FN3O3S/c1-19-10-13-9-17(15-6-2-3-7-16(15)18)21(11-13)25(23,24)14-5-4-8-20(22)12-14/h2-9,11-12,19H,10H2,1H3. The van der Waals surface area contributed by atoms with Gasteiger partial charge in [-0.1, -0.05) is 12.1 Å². The summed E-state index contributed by atoms with van der Waals surface area (Å²) in [6.07, 6.45) is 3.59. The van der Waals surface area contributed by atoms with Gasteiger partial charge in [0.05, 0.1) is 5.69 Å². The molecule has 0 amide bonds. The summed E-state index contributed by atoms with van der Waals surface area (Å²) in [5.41, 5.74) is 1.04. The Kier molecular flexibility index (Phi) is 4.56. The van der Waals surface area contributed by atoms with Gasteiger partial charge in [0.1, 0.15) is 5.82 Å². The largest absolute Gasteiger partial charge is 0.619 e. The Morgan fingerprint density at radius 3 is 2.68 bits per heavy atom. The highest BCUT2D eigenvalue weighted by atomic mass is 32.2. The van der Waals surface area contributed by atoms with E-state index in [1.54, 1.807) is 19.2 Å². The lowest BCUT2D eigenvalue weighted by Gasteiger charge is -2.10. The number of halogens is 1. The van der Waals surface area contributed by atoms with Crippen LogP contribution in [0.4, 0.5) is 4.39 Å². The predicted molar refractivity (Wildman–Crippen MR) is 90.6 cm³/mol. The van der Waals surface area contributed by atoms with Gasteiger partial charge < -0.3 is 10.5 Å². The van der Waals surface area contributed by atoms with Crippen LogP contribution in [0.25, 0.3) is 11.3 Å². The fourth-order valence-electron chi connectivity index (χ4n) is 2.56. The normalized spacial score (nSPS) is 11.6. The van der Waals surface area contributed by atoms with E-state index in [1.807, 2.05) is 0 Å². The molecule has 0 unspecified atom stereocenters. The summed E-state index contributed by atoms with van der Waals surface area (Å²) in [5, 5.41) is 14.4. The third-order valence-corrected chi connectivity index (χ3v) is 5.34. The molecule has 130 valence electrons.